The van der Waals surface area contributed by atoms with Crippen molar-refractivity contribution >= 4 is 34.7 Å². The van der Waals surface area contributed by atoms with E-state index in [2.05, 4.69) is 20.5 Å². The summed E-state index contributed by atoms with van der Waals surface area (Å²) in [4.78, 5) is 16.9. The minimum Gasteiger partial charge on any atom is -0.495 e. The number of thioether (sulfide) groups is 1. The van der Waals surface area contributed by atoms with Gasteiger partial charge in [-0.3, -0.25) is 4.79 Å². The van der Waals surface area contributed by atoms with Gasteiger partial charge in [-0.2, -0.15) is 0 Å². The monoisotopic (exact) mass is 404 g/mol. The molecule has 0 fully saturated rings. The first-order chi connectivity index (χ1) is 12.9. The van der Waals surface area contributed by atoms with E-state index in [1.807, 2.05) is 37.4 Å². The number of methoxy groups -OCH3 is 1. The van der Waals surface area contributed by atoms with Crippen LogP contribution >= 0.6 is 23.1 Å². The van der Waals surface area contributed by atoms with Gasteiger partial charge in [0.2, 0.25) is 11.8 Å². The van der Waals surface area contributed by atoms with Gasteiger partial charge < -0.3 is 14.5 Å². The van der Waals surface area contributed by atoms with Crippen molar-refractivity contribution in [2.75, 3.05) is 12.4 Å². The number of benzene rings is 1. The summed E-state index contributed by atoms with van der Waals surface area (Å²) >= 11 is 2.79. The van der Waals surface area contributed by atoms with E-state index >= 15 is 0 Å². The summed E-state index contributed by atoms with van der Waals surface area (Å²) in [7, 11) is 1.57. The van der Waals surface area contributed by atoms with Crippen molar-refractivity contribution in [1.82, 2.24) is 15.2 Å². The molecule has 142 valence electrons. The smallest absolute Gasteiger partial charge is 0.277 e. The largest absolute Gasteiger partial charge is 0.495 e. The number of thiazole rings is 1. The zero-order valence-corrected chi connectivity index (χ0v) is 17.1. The van der Waals surface area contributed by atoms with Crippen molar-refractivity contribution in [2.45, 2.75) is 37.7 Å². The van der Waals surface area contributed by atoms with Gasteiger partial charge in [-0.05, 0) is 38.5 Å². The maximum atomic E-state index is 12.5. The summed E-state index contributed by atoms with van der Waals surface area (Å²) in [5.41, 5.74) is 2.57. The van der Waals surface area contributed by atoms with Crippen LogP contribution in [0.2, 0.25) is 0 Å². The van der Waals surface area contributed by atoms with Gasteiger partial charge in [0.15, 0.2) is 0 Å². The fourth-order valence-corrected chi connectivity index (χ4v) is 3.67. The molecule has 0 bridgehead atoms. The van der Waals surface area contributed by atoms with E-state index in [9.17, 15) is 4.79 Å². The quantitative estimate of drug-likeness (QED) is 0.598. The molecular weight excluding hydrogens is 384 g/mol. The molecule has 0 saturated heterocycles. The van der Waals surface area contributed by atoms with E-state index in [1.165, 1.54) is 11.8 Å². The Labute approximate surface area is 165 Å². The van der Waals surface area contributed by atoms with Gasteiger partial charge in [0.1, 0.15) is 5.75 Å². The minimum atomic E-state index is -0.412. The molecule has 1 aromatic carbocycles. The van der Waals surface area contributed by atoms with Crippen LogP contribution in [0.1, 0.15) is 29.1 Å². The molecule has 0 aliphatic heterocycles. The lowest BCUT2D eigenvalue weighted by Gasteiger charge is -2.13. The molecule has 2 heterocycles. The van der Waals surface area contributed by atoms with E-state index in [0.717, 1.165) is 16.3 Å². The Balaban J connectivity index is 1.61. The highest BCUT2D eigenvalue weighted by molar-refractivity contribution is 8.00. The number of nitrogens with one attached hydrogen (secondary N) is 1. The van der Waals surface area contributed by atoms with E-state index in [1.54, 1.807) is 25.4 Å². The third-order valence-corrected chi connectivity index (χ3v) is 5.46. The number of ether oxygens (including phenoxy) is 1. The van der Waals surface area contributed by atoms with Crippen LogP contribution in [0, 0.1) is 13.8 Å². The average Bonchev–Trinajstić information content (AvgIpc) is 3.24. The van der Waals surface area contributed by atoms with Gasteiger partial charge in [0, 0.05) is 5.38 Å². The molecule has 0 aliphatic carbocycles. The number of rotatable bonds is 7. The van der Waals surface area contributed by atoms with E-state index < -0.39 is 5.25 Å². The molecule has 1 atom stereocenters. The van der Waals surface area contributed by atoms with Crippen LogP contribution in [-0.2, 0) is 11.2 Å². The second-order valence-electron chi connectivity index (χ2n) is 5.95. The molecule has 9 heteroatoms. The molecule has 0 radical (unpaired) electrons. The van der Waals surface area contributed by atoms with Crippen LogP contribution in [0.4, 0.5) is 5.69 Å². The highest BCUT2D eigenvalue weighted by atomic mass is 32.2. The predicted molar refractivity (Wildman–Crippen MR) is 106 cm³/mol. The average molecular weight is 405 g/mol. The van der Waals surface area contributed by atoms with Crippen LogP contribution in [0.15, 0.2) is 33.2 Å². The molecule has 1 amide bonds. The summed E-state index contributed by atoms with van der Waals surface area (Å²) in [6.07, 6.45) is 0.485. The van der Waals surface area contributed by atoms with Gasteiger partial charge in [0.05, 0.1) is 35.2 Å². The SMILES string of the molecule is COc1ccc(C)cc1NC(=O)[C@@H](C)Sc1nnc(Cc2csc(C)n2)o1. The number of amides is 1. The van der Waals surface area contributed by atoms with Gasteiger partial charge >= 0.3 is 0 Å². The number of aryl methyl sites for hydroxylation is 2. The summed E-state index contributed by atoms with van der Waals surface area (Å²) in [5, 5.41) is 13.8. The number of hydrogen-bond donors (Lipinski definition) is 1. The van der Waals surface area contributed by atoms with Crippen molar-refractivity contribution < 1.29 is 13.9 Å². The van der Waals surface area contributed by atoms with Crippen LogP contribution < -0.4 is 10.1 Å². The maximum absolute atomic E-state index is 12.5. The molecule has 0 unspecified atom stereocenters. The molecule has 1 N–H and O–H groups in total. The molecule has 3 aromatic rings. The Morgan fingerprint density at radius 1 is 1.37 bits per heavy atom. The van der Waals surface area contributed by atoms with Crippen molar-refractivity contribution in [2.24, 2.45) is 0 Å². The molecule has 0 aliphatic rings. The van der Waals surface area contributed by atoms with E-state index in [-0.39, 0.29) is 5.91 Å². The Bertz CT molecular complexity index is 938. The molecule has 7 nitrogen and oxygen atoms in total. The predicted octanol–water partition coefficient (Wildman–Crippen LogP) is 3.86. The van der Waals surface area contributed by atoms with Crippen LogP contribution in [-0.4, -0.2) is 33.4 Å². The molecule has 0 saturated carbocycles. The Kier molecular flexibility index (Phi) is 6.12. The number of aromatic nitrogens is 3. The van der Waals surface area contributed by atoms with E-state index in [4.69, 9.17) is 9.15 Å². The fourth-order valence-electron chi connectivity index (χ4n) is 2.36. The minimum absolute atomic E-state index is 0.168. The first-order valence-electron chi connectivity index (χ1n) is 8.30. The van der Waals surface area contributed by atoms with E-state index in [0.29, 0.717) is 29.0 Å². The lowest BCUT2D eigenvalue weighted by atomic mass is 10.2. The topological polar surface area (TPSA) is 90.1 Å². The summed E-state index contributed by atoms with van der Waals surface area (Å²) in [6.45, 7) is 5.69. The lowest BCUT2D eigenvalue weighted by Crippen LogP contribution is -2.22. The molecule has 27 heavy (non-hydrogen) atoms. The van der Waals surface area contributed by atoms with Crippen LogP contribution in [0.5, 0.6) is 5.75 Å². The first-order valence-corrected chi connectivity index (χ1v) is 10.1. The second kappa shape index (κ2) is 8.53. The van der Waals surface area contributed by atoms with Gasteiger partial charge in [0.25, 0.3) is 5.22 Å². The Morgan fingerprint density at radius 2 is 2.19 bits per heavy atom. The second-order valence-corrected chi connectivity index (χ2v) is 8.30. The number of hydrogen-bond acceptors (Lipinski definition) is 8. The third kappa shape index (κ3) is 5.08. The zero-order chi connectivity index (χ0) is 19.4. The van der Waals surface area contributed by atoms with Crippen molar-refractivity contribution in [3.05, 3.63) is 45.7 Å². The lowest BCUT2D eigenvalue weighted by molar-refractivity contribution is -0.115. The van der Waals surface area contributed by atoms with Crippen molar-refractivity contribution in [1.29, 1.82) is 0 Å². The normalized spacial score (nSPS) is 12.0. The highest BCUT2D eigenvalue weighted by Crippen LogP contribution is 2.28. The standard InChI is InChI=1S/C18H20N4O3S2/c1-10-5-6-15(24-4)14(7-10)20-17(23)11(2)27-18-22-21-16(25-18)8-13-9-26-12(3)19-13/h5-7,9,11H,8H2,1-4H3,(H,20,23)/t11-/m1/s1. The van der Waals surface area contributed by atoms with Crippen molar-refractivity contribution in [3.63, 3.8) is 0 Å². The van der Waals surface area contributed by atoms with Gasteiger partial charge in [-0.25, -0.2) is 4.98 Å². The van der Waals surface area contributed by atoms with Gasteiger partial charge in [-0.1, -0.05) is 17.8 Å². The third-order valence-electron chi connectivity index (χ3n) is 3.71. The number of anilines is 1. The Hall–Kier alpha value is -2.39. The van der Waals surface area contributed by atoms with Crippen LogP contribution in [0.3, 0.4) is 0 Å². The summed E-state index contributed by atoms with van der Waals surface area (Å²) in [6, 6.07) is 5.62. The molecular formula is C18H20N4O3S2. The Morgan fingerprint density at radius 3 is 2.89 bits per heavy atom. The number of nitrogens with zero attached hydrogens (tertiary/aromatic N) is 3. The highest BCUT2D eigenvalue weighted by Gasteiger charge is 2.20. The summed E-state index contributed by atoms with van der Waals surface area (Å²) in [5.74, 6) is 0.930. The fraction of sp³-hybridized carbons (Fsp3) is 0.333. The molecule has 3 rings (SSSR count). The zero-order valence-electron chi connectivity index (χ0n) is 15.5. The molecule has 2 aromatic heterocycles. The summed E-state index contributed by atoms with van der Waals surface area (Å²) < 4.78 is 10.9. The van der Waals surface area contributed by atoms with Crippen LogP contribution in [0.25, 0.3) is 0 Å². The maximum Gasteiger partial charge on any atom is 0.277 e. The number of carbonyl (C=O) groups is 1. The number of carbonyl (C=O) groups excluding carboxylic acids is 1. The first kappa shape index (κ1) is 19.4. The van der Waals surface area contributed by atoms with Crippen molar-refractivity contribution in [3.8, 4) is 5.75 Å². The molecule has 0 spiro atoms. The van der Waals surface area contributed by atoms with Gasteiger partial charge in [-0.15, -0.1) is 21.5 Å².